The number of hydrogen-bond acceptors (Lipinski definition) is 3. The van der Waals surface area contributed by atoms with Crippen molar-refractivity contribution in [3.05, 3.63) is 34.3 Å². The van der Waals surface area contributed by atoms with Crippen molar-refractivity contribution >= 4 is 11.1 Å². The second-order valence-electron chi connectivity index (χ2n) is 3.21. The molecule has 0 aliphatic rings. The molecule has 1 atom stereocenters. The number of benzene rings is 1. The third-order valence-corrected chi connectivity index (χ3v) is 2.07. The minimum absolute atomic E-state index is 0.0224. The van der Waals surface area contributed by atoms with E-state index in [1.807, 2.05) is 0 Å². The summed E-state index contributed by atoms with van der Waals surface area (Å²) in [5.41, 5.74) is -0.114. The van der Waals surface area contributed by atoms with E-state index in [0.29, 0.717) is 0 Å². The molecule has 0 amide bonds. The van der Waals surface area contributed by atoms with Crippen LogP contribution in [-0.2, 0) is 0 Å². The highest BCUT2D eigenvalue weighted by Crippen LogP contribution is 2.33. The van der Waals surface area contributed by atoms with Crippen LogP contribution in [0.1, 0.15) is 11.7 Å². The van der Waals surface area contributed by atoms with E-state index in [-0.39, 0.29) is 16.7 Å². The second kappa shape index (κ2) is 3.38. The van der Waals surface area contributed by atoms with E-state index >= 15 is 0 Å². The largest absolute Gasteiger partial charge is 0.418 e. The first-order valence-electron chi connectivity index (χ1n) is 4.25. The number of nitrogens with one attached hydrogen (secondary N) is 1. The van der Waals surface area contributed by atoms with Crippen molar-refractivity contribution in [3.8, 4) is 0 Å². The summed E-state index contributed by atoms with van der Waals surface area (Å²) >= 11 is 0. The molecule has 0 spiro atoms. The van der Waals surface area contributed by atoms with Crippen LogP contribution in [0.3, 0.4) is 0 Å². The molecule has 1 aromatic heterocycles. The summed E-state index contributed by atoms with van der Waals surface area (Å²) in [5.74, 6) is -0.756. The molecular weight excluding hydrogens is 227 g/mol. The Bertz CT molecular complexity index is 569. The number of fused-ring (bicyclic) bond motifs is 1. The molecule has 1 aromatic carbocycles. The Morgan fingerprint density at radius 3 is 2.69 bits per heavy atom. The molecular formula is C9H6F3NO3. The molecule has 1 unspecified atom stereocenters. The first kappa shape index (κ1) is 10.7. The zero-order chi connectivity index (χ0) is 11.9. The standard InChI is InChI=1S/C9H6F3NO3/c10-9(11,12)7(14)4-1-2-5-6(3-4)16-8(15)13-5/h1-3,7,14H,(H,13,15). The summed E-state index contributed by atoms with van der Waals surface area (Å²) in [6, 6.07) is 3.29. The van der Waals surface area contributed by atoms with Gasteiger partial charge in [0.25, 0.3) is 0 Å². The van der Waals surface area contributed by atoms with Gasteiger partial charge in [0.1, 0.15) is 0 Å². The Labute approximate surface area is 86.3 Å². The fourth-order valence-corrected chi connectivity index (χ4v) is 1.32. The summed E-state index contributed by atoms with van der Waals surface area (Å²) in [6.45, 7) is 0. The van der Waals surface area contributed by atoms with E-state index in [0.717, 1.165) is 12.1 Å². The van der Waals surface area contributed by atoms with Crippen LogP contribution in [0.15, 0.2) is 27.4 Å². The number of hydrogen-bond donors (Lipinski definition) is 2. The van der Waals surface area contributed by atoms with Crippen LogP contribution in [0.2, 0.25) is 0 Å². The van der Waals surface area contributed by atoms with Crippen molar-refractivity contribution in [2.75, 3.05) is 0 Å². The van der Waals surface area contributed by atoms with E-state index in [1.54, 1.807) is 0 Å². The van der Waals surface area contributed by atoms with E-state index in [4.69, 9.17) is 5.11 Å². The molecule has 0 bridgehead atoms. The maximum absolute atomic E-state index is 12.2. The van der Waals surface area contributed by atoms with Gasteiger partial charge in [-0.3, -0.25) is 4.98 Å². The lowest BCUT2D eigenvalue weighted by Crippen LogP contribution is -2.19. The average Bonchev–Trinajstić information content (AvgIpc) is 2.54. The number of oxazole rings is 1. The van der Waals surface area contributed by atoms with Gasteiger partial charge in [-0.15, -0.1) is 0 Å². The maximum Gasteiger partial charge on any atom is 0.418 e. The molecule has 2 N–H and O–H groups in total. The Hall–Kier alpha value is -1.76. The smallest absolute Gasteiger partial charge is 0.408 e. The predicted molar refractivity (Wildman–Crippen MR) is 47.8 cm³/mol. The van der Waals surface area contributed by atoms with Crippen LogP contribution < -0.4 is 5.76 Å². The van der Waals surface area contributed by atoms with E-state index < -0.39 is 18.0 Å². The van der Waals surface area contributed by atoms with Crippen LogP contribution in [0.4, 0.5) is 13.2 Å². The SMILES string of the molecule is O=c1[nH]c2ccc(C(O)C(F)(F)F)cc2o1. The summed E-state index contributed by atoms with van der Waals surface area (Å²) in [4.78, 5) is 13.0. The van der Waals surface area contributed by atoms with E-state index in [2.05, 4.69) is 9.40 Å². The van der Waals surface area contributed by atoms with Gasteiger partial charge in [-0.25, -0.2) is 4.79 Å². The van der Waals surface area contributed by atoms with Crippen LogP contribution in [0.25, 0.3) is 11.1 Å². The van der Waals surface area contributed by atoms with Crippen LogP contribution in [0.5, 0.6) is 0 Å². The molecule has 0 aliphatic heterocycles. The van der Waals surface area contributed by atoms with Crippen molar-refractivity contribution < 1.29 is 22.7 Å². The molecule has 0 fully saturated rings. The maximum atomic E-state index is 12.2. The molecule has 0 aliphatic carbocycles. The van der Waals surface area contributed by atoms with Crippen molar-refractivity contribution in [1.29, 1.82) is 0 Å². The van der Waals surface area contributed by atoms with Gasteiger partial charge in [0.2, 0.25) is 0 Å². The summed E-state index contributed by atoms with van der Waals surface area (Å²) in [7, 11) is 0. The molecule has 7 heteroatoms. The lowest BCUT2D eigenvalue weighted by molar-refractivity contribution is -0.206. The van der Waals surface area contributed by atoms with Gasteiger partial charge in [-0.2, -0.15) is 13.2 Å². The highest BCUT2D eigenvalue weighted by Gasteiger charge is 2.39. The first-order chi connectivity index (χ1) is 7.38. The number of rotatable bonds is 1. The number of aliphatic hydroxyl groups is 1. The van der Waals surface area contributed by atoms with Crippen LogP contribution in [-0.4, -0.2) is 16.3 Å². The lowest BCUT2D eigenvalue weighted by atomic mass is 10.1. The van der Waals surface area contributed by atoms with Crippen molar-refractivity contribution in [1.82, 2.24) is 4.98 Å². The van der Waals surface area contributed by atoms with Crippen molar-refractivity contribution in [2.45, 2.75) is 12.3 Å². The third kappa shape index (κ3) is 1.81. The van der Waals surface area contributed by atoms with Crippen molar-refractivity contribution in [3.63, 3.8) is 0 Å². The van der Waals surface area contributed by atoms with Crippen LogP contribution in [0, 0.1) is 0 Å². The fourth-order valence-electron chi connectivity index (χ4n) is 1.32. The summed E-state index contributed by atoms with van der Waals surface area (Å²) in [6.07, 6.45) is -7.33. The van der Waals surface area contributed by atoms with E-state index in [1.165, 1.54) is 6.07 Å². The predicted octanol–water partition coefficient (Wildman–Crippen LogP) is 1.72. The number of aromatic nitrogens is 1. The monoisotopic (exact) mass is 233 g/mol. The van der Waals surface area contributed by atoms with Gasteiger partial charge >= 0.3 is 11.9 Å². The molecule has 16 heavy (non-hydrogen) atoms. The molecule has 2 aromatic rings. The van der Waals surface area contributed by atoms with Crippen molar-refractivity contribution in [2.24, 2.45) is 0 Å². The molecule has 86 valence electrons. The number of alkyl halides is 3. The minimum atomic E-state index is -4.75. The Kier molecular flexibility index (Phi) is 2.27. The Morgan fingerprint density at radius 1 is 1.38 bits per heavy atom. The fraction of sp³-hybridized carbons (Fsp3) is 0.222. The number of aliphatic hydroxyl groups excluding tert-OH is 1. The number of aromatic amines is 1. The minimum Gasteiger partial charge on any atom is -0.408 e. The first-order valence-corrected chi connectivity index (χ1v) is 4.25. The second-order valence-corrected chi connectivity index (χ2v) is 3.21. The summed E-state index contributed by atoms with van der Waals surface area (Å²) in [5, 5.41) is 8.97. The van der Waals surface area contributed by atoms with Gasteiger partial charge in [0.15, 0.2) is 11.7 Å². The Balaban J connectivity index is 2.50. The van der Waals surface area contributed by atoms with Gasteiger partial charge in [0.05, 0.1) is 5.52 Å². The molecule has 0 saturated heterocycles. The zero-order valence-electron chi connectivity index (χ0n) is 7.71. The molecule has 2 rings (SSSR count). The molecule has 0 saturated carbocycles. The average molecular weight is 233 g/mol. The zero-order valence-corrected chi connectivity index (χ0v) is 7.71. The Morgan fingerprint density at radius 2 is 2.06 bits per heavy atom. The highest BCUT2D eigenvalue weighted by molar-refractivity contribution is 5.72. The highest BCUT2D eigenvalue weighted by atomic mass is 19.4. The van der Waals surface area contributed by atoms with Gasteiger partial charge in [-0.1, -0.05) is 6.07 Å². The van der Waals surface area contributed by atoms with Gasteiger partial charge in [0, 0.05) is 0 Å². The number of halogens is 3. The van der Waals surface area contributed by atoms with Crippen LogP contribution >= 0.6 is 0 Å². The number of H-pyrrole nitrogens is 1. The lowest BCUT2D eigenvalue weighted by Gasteiger charge is -2.14. The van der Waals surface area contributed by atoms with Gasteiger partial charge in [-0.05, 0) is 17.7 Å². The topological polar surface area (TPSA) is 66.2 Å². The molecule has 1 heterocycles. The molecule has 4 nitrogen and oxygen atoms in total. The quantitative estimate of drug-likeness (QED) is 0.788. The normalized spacial score (nSPS) is 14.2. The van der Waals surface area contributed by atoms with Gasteiger partial charge < -0.3 is 9.52 Å². The molecule has 0 radical (unpaired) electrons. The van der Waals surface area contributed by atoms with E-state index in [9.17, 15) is 18.0 Å². The third-order valence-electron chi connectivity index (χ3n) is 2.07. The summed E-state index contributed by atoms with van der Waals surface area (Å²) < 4.78 is 41.2.